The van der Waals surface area contributed by atoms with E-state index in [9.17, 15) is 4.79 Å². The molecule has 0 spiro atoms. The fourth-order valence-electron chi connectivity index (χ4n) is 2.34. The Labute approximate surface area is 102 Å². The maximum absolute atomic E-state index is 11.8. The van der Waals surface area contributed by atoms with Crippen molar-refractivity contribution in [1.82, 2.24) is 0 Å². The van der Waals surface area contributed by atoms with Crippen molar-refractivity contribution < 1.29 is 9.53 Å². The standard InChI is InChI=1S/C14H19NO2/c1-11(8-10-17-2)15-9-7-14(16)12-5-3-4-6-13(12)15/h3-6,11H,7-10H2,1-2H3. The summed E-state index contributed by atoms with van der Waals surface area (Å²) in [4.78, 5) is 14.1. The summed E-state index contributed by atoms with van der Waals surface area (Å²) in [6.45, 7) is 3.76. The highest BCUT2D eigenvalue weighted by Gasteiger charge is 2.25. The van der Waals surface area contributed by atoms with Crippen LogP contribution in [0.3, 0.4) is 0 Å². The van der Waals surface area contributed by atoms with E-state index in [1.54, 1.807) is 7.11 Å². The van der Waals surface area contributed by atoms with Gasteiger partial charge in [0.25, 0.3) is 0 Å². The number of fused-ring (bicyclic) bond motifs is 1. The first-order valence-corrected chi connectivity index (χ1v) is 6.12. The molecule has 1 aliphatic rings. The van der Waals surface area contributed by atoms with E-state index < -0.39 is 0 Å². The lowest BCUT2D eigenvalue weighted by Gasteiger charge is -2.35. The van der Waals surface area contributed by atoms with E-state index in [0.717, 1.165) is 30.8 Å². The van der Waals surface area contributed by atoms with Crippen LogP contribution in [0, 0.1) is 0 Å². The third-order valence-corrected chi connectivity index (χ3v) is 3.37. The van der Waals surface area contributed by atoms with Crippen LogP contribution >= 0.6 is 0 Å². The Bertz CT molecular complexity index is 403. The molecule has 3 nitrogen and oxygen atoms in total. The summed E-state index contributed by atoms with van der Waals surface area (Å²) in [5.41, 5.74) is 1.94. The molecule has 1 aromatic rings. The minimum Gasteiger partial charge on any atom is -0.385 e. The zero-order valence-corrected chi connectivity index (χ0v) is 10.5. The second-order valence-electron chi connectivity index (χ2n) is 4.51. The van der Waals surface area contributed by atoms with Crippen LogP contribution in [-0.4, -0.2) is 32.1 Å². The summed E-state index contributed by atoms with van der Waals surface area (Å²) < 4.78 is 5.12. The van der Waals surface area contributed by atoms with Crippen molar-refractivity contribution in [2.45, 2.75) is 25.8 Å². The first kappa shape index (κ1) is 12.1. The highest BCUT2D eigenvalue weighted by Crippen LogP contribution is 2.28. The molecule has 0 saturated carbocycles. The number of ether oxygens (including phenoxy) is 1. The van der Waals surface area contributed by atoms with Crippen molar-refractivity contribution in [3.63, 3.8) is 0 Å². The minimum absolute atomic E-state index is 0.260. The Hall–Kier alpha value is -1.35. The Morgan fingerprint density at radius 1 is 1.41 bits per heavy atom. The second-order valence-corrected chi connectivity index (χ2v) is 4.51. The van der Waals surface area contributed by atoms with Gasteiger partial charge in [0.2, 0.25) is 0 Å². The summed E-state index contributed by atoms with van der Waals surface area (Å²) >= 11 is 0. The SMILES string of the molecule is COCCC(C)N1CCC(=O)c2ccccc21. The number of benzene rings is 1. The number of hydrogen-bond donors (Lipinski definition) is 0. The van der Waals surface area contributed by atoms with Crippen LogP contribution in [-0.2, 0) is 4.74 Å². The largest absolute Gasteiger partial charge is 0.385 e. The van der Waals surface area contributed by atoms with Gasteiger partial charge in [0.15, 0.2) is 5.78 Å². The molecular formula is C14H19NO2. The molecule has 2 rings (SSSR count). The van der Waals surface area contributed by atoms with Gasteiger partial charge >= 0.3 is 0 Å². The van der Waals surface area contributed by atoms with Gasteiger partial charge in [0.1, 0.15) is 0 Å². The zero-order chi connectivity index (χ0) is 12.3. The Balaban J connectivity index is 2.20. The number of ketones is 1. The van der Waals surface area contributed by atoms with E-state index in [1.165, 1.54) is 0 Å². The van der Waals surface area contributed by atoms with Crippen LogP contribution in [0.1, 0.15) is 30.1 Å². The smallest absolute Gasteiger partial charge is 0.166 e. The molecule has 1 aromatic carbocycles. The summed E-state index contributed by atoms with van der Waals surface area (Å²) in [7, 11) is 1.72. The molecule has 0 radical (unpaired) electrons. The van der Waals surface area contributed by atoms with Crippen molar-refractivity contribution in [3.05, 3.63) is 29.8 Å². The molecule has 0 amide bonds. The van der Waals surface area contributed by atoms with Gasteiger partial charge in [-0.25, -0.2) is 0 Å². The van der Waals surface area contributed by atoms with Crippen molar-refractivity contribution in [2.75, 3.05) is 25.2 Å². The third kappa shape index (κ3) is 2.50. The summed E-state index contributed by atoms with van der Waals surface area (Å²) in [5, 5.41) is 0. The van der Waals surface area contributed by atoms with Gasteiger partial charge in [0, 0.05) is 44.0 Å². The van der Waals surface area contributed by atoms with Gasteiger partial charge in [-0.15, -0.1) is 0 Å². The Morgan fingerprint density at radius 3 is 2.94 bits per heavy atom. The normalized spacial score (nSPS) is 16.8. The van der Waals surface area contributed by atoms with E-state index in [0.29, 0.717) is 12.5 Å². The van der Waals surface area contributed by atoms with E-state index in [1.807, 2.05) is 24.3 Å². The number of anilines is 1. The molecule has 0 saturated heterocycles. The molecular weight excluding hydrogens is 214 g/mol. The van der Waals surface area contributed by atoms with Gasteiger partial charge in [-0.2, -0.15) is 0 Å². The van der Waals surface area contributed by atoms with Gasteiger partial charge in [-0.05, 0) is 25.5 Å². The van der Waals surface area contributed by atoms with Crippen molar-refractivity contribution in [1.29, 1.82) is 0 Å². The molecule has 0 aliphatic carbocycles. The average Bonchev–Trinajstić information content (AvgIpc) is 2.37. The summed E-state index contributed by atoms with van der Waals surface area (Å²) in [6, 6.07) is 8.29. The number of rotatable bonds is 4. The number of Topliss-reactive ketones (excluding diaryl/α,β-unsaturated/α-hetero) is 1. The Morgan fingerprint density at radius 2 is 2.18 bits per heavy atom. The maximum atomic E-state index is 11.8. The molecule has 0 N–H and O–H groups in total. The highest BCUT2D eigenvalue weighted by molar-refractivity contribution is 6.03. The van der Waals surface area contributed by atoms with Crippen LogP contribution in [0.5, 0.6) is 0 Å². The summed E-state index contributed by atoms with van der Waals surface area (Å²) in [6.07, 6.45) is 1.60. The number of carbonyl (C=O) groups is 1. The zero-order valence-electron chi connectivity index (χ0n) is 10.5. The van der Waals surface area contributed by atoms with Crippen LogP contribution in [0.4, 0.5) is 5.69 Å². The molecule has 3 heteroatoms. The summed E-state index contributed by atoms with van der Waals surface area (Å²) in [5.74, 6) is 0.260. The van der Waals surface area contributed by atoms with E-state index >= 15 is 0 Å². The predicted octanol–water partition coefficient (Wildman–Crippen LogP) is 2.50. The van der Waals surface area contributed by atoms with Crippen molar-refractivity contribution in [2.24, 2.45) is 0 Å². The monoisotopic (exact) mass is 233 g/mol. The van der Waals surface area contributed by atoms with Crippen LogP contribution in [0.2, 0.25) is 0 Å². The first-order chi connectivity index (χ1) is 8.24. The minimum atomic E-state index is 0.260. The fraction of sp³-hybridized carbons (Fsp3) is 0.500. The predicted molar refractivity (Wildman–Crippen MR) is 68.7 cm³/mol. The van der Waals surface area contributed by atoms with Crippen LogP contribution in [0.25, 0.3) is 0 Å². The molecule has 1 unspecified atom stereocenters. The van der Waals surface area contributed by atoms with Crippen molar-refractivity contribution >= 4 is 11.5 Å². The van der Waals surface area contributed by atoms with Gasteiger partial charge in [-0.3, -0.25) is 4.79 Å². The number of para-hydroxylation sites is 1. The lowest BCUT2D eigenvalue weighted by Crippen LogP contribution is -2.39. The second kappa shape index (κ2) is 5.32. The topological polar surface area (TPSA) is 29.5 Å². The fourth-order valence-corrected chi connectivity index (χ4v) is 2.34. The van der Waals surface area contributed by atoms with E-state index in [2.05, 4.69) is 11.8 Å². The lowest BCUT2D eigenvalue weighted by atomic mass is 9.98. The molecule has 1 heterocycles. The first-order valence-electron chi connectivity index (χ1n) is 6.12. The van der Waals surface area contributed by atoms with Gasteiger partial charge < -0.3 is 9.64 Å². The lowest BCUT2D eigenvalue weighted by molar-refractivity contribution is 0.0978. The van der Waals surface area contributed by atoms with Crippen LogP contribution in [0.15, 0.2) is 24.3 Å². The van der Waals surface area contributed by atoms with Crippen LogP contribution < -0.4 is 4.90 Å². The van der Waals surface area contributed by atoms with Crippen molar-refractivity contribution in [3.8, 4) is 0 Å². The van der Waals surface area contributed by atoms with E-state index in [4.69, 9.17) is 4.74 Å². The molecule has 0 bridgehead atoms. The Kier molecular flexibility index (Phi) is 3.79. The third-order valence-electron chi connectivity index (χ3n) is 3.37. The number of carbonyl (C=O) groups excluding carboxylic acids is 1. The number of hydrogen-bond acceptors (Lipinski definition) is 3. The average molecular weight is 233 g/mol. The molecule has 92 valence electrons. The van der Waals surface area contributed by atoms with Gasteiger partial charge in [0.05, 0.1) is 0 Å². The molecule has 0 aromatic heterocycles. The molecule has 1 atom stereocenters. The van der Waals surface area contributed by atoms with Gasteiger partial charge in [-0.1, -0.05) is 12.1 Å². The molecule has 17 heavy (non-hydrogen) atoms. The van der Waals surface area contributed by atoms with E-state index in [-0.39, 0.29) is 5.78 Å². The molecule has 1 aliphatic heterocycles. The number of methoxy groups -OCH3 is 1. The molecule has 0 fully saturated rings. The highest BCUT2D eigenvalue weighted by atomic mass is 16.5. The quantitative estimate of drug-likeness (QED) is 0.800. The number of nitrogens with zero attached hydrogens (tertiary/aromatic N) is 1. The maximum Gasteiger partial charge on any atom is 0.166 e.